The lowest BCUT2D eigenvalue weighted by molar-refractivity contribution is 0.143. The molecule has 0 amide bonds. The van der Waals surface area contributed by atoms with Gasteiger partial charge in [-0.1, -0.05) is 79.8 Å². The van der Waals surface area contributed by atoms with E-state index in [1.54, 1.807) is 5.56 Å². The molecule has 3 fully saturated rings. The van der Waals surface area contributed by atoms with E-state index in [4.69, 9.17) is 5.73 Å². The number of rotatable bonds is 4. The van der Waals surface area contributed by atoms with Crippen molar-refractivity contribution in [3.05, 3.63) is 71.8 Å². The number of nitrogens with two attached hydrogens (primary N) is 1. The van der Waals surface area contributed by atoms with E-state index in [0.717, 1.165) is 18.4 Å². The van der Waals surface area contributed by atoms with Crippen LogP contribution in [-0.2, 0) is 11.8 Å². The van der Waals surface area contributed by atoms with E-state index in [0.29, 0.717) is 16.2 Å². The van der Waals surface area contributed by atoms with Crippen LogP contribution < -0.4 is 5.73 Å². The van der Waals surface area contributed by atoms with Crippen molar-refractivity contribution in [3.8, 4) is 0 Å². The number of hydrogen-bond acceptors (Lipinski definition) is 2. The van der Waals surface area contributed by atoms with E-state index in [-0.39, 0.29) is 13.8 Å². The Morgan fingerprint density at radius 3 is 2.28 bits per heavy atom. The fourth-order valence-corrected chi connectivity index (χ4v) is 7.00. The summed E-state index contributed by atoms with van der Waals surface area (Å²) in [5.41, 5.74) is 10.6. The lowest BCUT2D eigenvalue weighted by atomic mass is 9.66. The van der Waals surface area contributed by atoms with Crippen LogP contribution in [0.4, 0.5) is 0 Å². The Bertz CT molecular complexity index is 818. The molecule has 0 aliphatic heterocycles. The monoisotopic (exact) mass is 429 g/mol. The first-order chi connectivity index (χ1) is 13.6. The molecule has 29 heavy (non-hydrogen) atoms. The fourth-order valence-electron chi connectivity index (χ4n) is 7.00. The summed E-state index contributed by atoms with van der Waals surface area (Å²) in [7, 11) is 0. The Morgan fingerprint density at radius 1 is 1.03 bits per heavy atom. The molecule has 2 aromatic rings. The van der Waals surface area contributed by atoms with Gasteiger partial charge < -0.3 is 5.73 Å². The molecule has 3 aliphatic rings. The Morgan fingerprint density at radius 2 is 1.66 bits per heavy atom. The fraction of sp³-hybridized carbons (Fsp3) is 0.500. The normalized spacial score (nSPS) is 36.6. The molecule has 5 rings (SSSR count). The molecule has 0 heterocycles. The summed E-state index contributed by atoms with van der Waals surface area (Å²) in [5, 5.41) is 0. The molecule has 2 N–H and O–H groups in total. The van der Waals surface area contributed by atoms with E-state index >= 15 is 0 Å². The predicted molar refractivity (Wildman–Crippen MR) is 132 cm³/mol. The molecule has 3 saturated carbocycles. The zero-order valence-corrected chi connectivity index (χ0v) is 19.1. The van der Waals surface area contributed by atoms with Crippen molar-refractivity contribution in [3.63, 3.8) is 0 Å². The second-order valence-electron chi connectivity index (χ2n) is 9.77. The van der Waals surface area contributed by atoms with E-state index in [1.165, 1.54) is 44.1 Å². The molecular weight excluding hydrogens is 394 g/mol. The van der Waals surface area contributed by atoms with E-state index in [1.807, 2.05) is 0 Å². The number of benzene rings is 2. The Kier molecular flexibility index (Phi) is 6.58. The number of fused-ring (bicyclic) bond motifs is 3. The highest BCUT2D eigenvalue weighted by molar-refractivity contribution is 7.77. The van der Waals surface area contributed by atoms with Crippen molar-refractivity contribution in [2.75, 3.05) is 6.54 Å². The number of halogens is 1. The topological polar surface area (TPSA) is 26.0 Å². The highest BCUT2D eigenvalue weighted by atomic mass is 35.5. The first kappa shape index (κ1) is 22.5. The lowest BCUT2D eigenvalue weighted by Gasteiger charge is -2.38. The van der Waals surface area contributed by atoms with Crippen molar-refractivity contribution in [1.29, 1.82) is 0 Å². The van der Waals surface area contributed by atoms with Crippen molar-refractivity contribution >= 4 is 30.5 Å². The SMILES string of the molecule is C=S.CC1(Cc2ccccc2)C2CCC(CN)(C2)CC2(c3ccccc3)CC21.Cl.[HH]. The molecule has 0 saturated heterocycles. The summed E-state index contributed by atoms with van der Waals surface area (Å²) in [4.78, 5) is 0. The molecule has 2 bridgehead atoms. The number of hydrogen-bond donors (Lipinski definition) is 1. The summed E-state index contributed by atoms with van der Waals surface area (Å²) in [6, 6.07) is 22.6. The van der Waals surface area contributed by atoms with Crippen LogP contribution in [0.3, 0.4) is 0 Å². The summed E-state index contributed by atoms with van der Waals surface area (Å²) in [6.45, 7) is 3.48. The van der Waals surface area contributed by atoms with Crippen LogP contribution in [0.2, 0.25) is 0 Å². The molecule has 2 aromatic carbocycles. The van der Waals surface area contributed by atoms with E-state index in [9.17, 15) is 0 Å². The van der Waals surface area contributed by atoms with Crippen molar-refractivity contribution < 1.29 is 1.43 Å². The summed E-state index contributed by atoms with van der Waals surface area (Å²) < 4.78 is 0. The third-order valence-electron chi connectivity index (χ3n) is 8.41. The van der Waals surface area contributed by atoms with Gasteiger partial charge >= 0.3 is 0 Å². The Hall–Kier alpha value is -1.22. The molecule has 3 aliphatic carbocycles. The van der Waals surface area contributed by atoms with Gasteiger partial charge in [0.2, 0.25) is 0 Å². The highest BCUT2D eigenvalue weighted by Gasteiger charge is 2.69. The lowest BCUT2D eigenvalue weighted by Crippen LogP contribution is -2.33. The van der Waals surface area contributed by atoms with Gasteiger partial charge in [-0.2, -0.15) is 0 Å². The Balaban J connectivity index is 0.000000779. The first-order valence-corrected chi connectivity index (χ1v) is 11.3. The zero-order valence-electron chi connectivity index (χ0n) is 17.5. The molecule has 5 atom stereocenters. The quantitative estimate of drug-likeness (QED) is 0.552. The van der Waals surface area contributed by atoms with Gasteiger partial charge in [0.25, 0.3) is 0 Å². The average molecular weight is 430 g/mol. The minimum absolute atomic E-state index is 0. The summed E-state index contributed by atoms with van der Waals surface area (Å²) in [5.74, 6) is 4.46. The largest absolute Gasteiger partial charge is 0.330 e. The maximum absolute atomic E-state index is 6.40. The molecule has 0 spiro atoms. The van der Waals surface area contributed by atoms with Crippen molar-refractivity contribution in [1.82, 2.24) is 0 Å². The van der Waals surface area contributed by atoms with Crippen LogP contribution in [0.5, 0.6) is 0 Å². The van der Waals surface area contributed by atoms with Crippen molar-refractivity contribution in [2.24, 2.45) is 28.4 Å². The van der Waals surface area contributed by atoms with Gasteiger partial charge in [0.15, 0.2) is 0 Å². The summed E-state index contributed by atoms with van der Waals surface area (Å²) in [6.07, 6.45) is 7.95. The van der Waals surface area contributed by atoms with Gasteiger partial charge in [-0.25, -0.2) is 0 Å². The summed E-state index contributed by atoms with van der Waals surface area (Å²) >= 11 is 3.83. The second kappa shape index (κ2) is 8.49. The third kappa shape index (κ3) is 3.69. The van der Waals surface area contributed by atoms with Crippen LogP contribution in [0, 0.1) is 22.7 Å². The maximum Gasteiger partial charge on any atom is 0 e. The molecular formula is C26H36ClNS. The highest BCUT2D eigenvalue weighted by Crippen LogP contribution is 2.74. The van der Waals surface area contributed by atoms with Gasteiger partial charge in [-0.05, 0) is 90.1 Å². The minimum atomic E-state index is 0. The van der Waals surface area contributed by atoms with Crippen LogP contribution >= 0.6 is 24.6 Å². The molecule has 0 aromatic heterocycles. The van der Waals surface area contributed by atoms with Crippen LogP contribution in [0.25, 0.3) is 0 Å². The molecule has 0 radical (unpaired) electrons. The maximum atomic E-state index is 6.40. The van der Waals surface area contributed by atoms with Gasteiger partial charge in [-0.3, -0.25) is 0 Å². The van der Waals surface area contributed by atoms with E-state index < -0.39 is 0 Å². The van der Waals surface area contributed by atoms with Crippen molar-refractivity contribution in [2.45, 2.75) is 50.9 Å². The van der Waals surface area contributed by atoms with E-state index in [2.05, 4.69) is 85.7 Å². The number of thiocarbonyl (C=S) groups is 1. The van der Waals surface area contributed by atoms with Gasteiger partial charge in [0, 0.05) is 1.43 Å². The minimum Gasteiger partial charge on any atom is -0.330 e. The molecule has 5 unspecified atom stereocenters. The molecule has 1 nitrogen and oxygen atoms in total. The third-order valence-corrected chi connectivity index (χ3v) is 8.41. The molecule has 158 valence electrons. The van der Waals surface area contributed by atoms with Crippen LogP contribution in [0.1, 0.15) is 51.6 Å². The molecule has 3 heteroatoms. The van der Waals surface area contributed by atoms with Crippen LogP contribution in [-0.4, -0.2) is 12.4 Å². The van der Waals surface area contributed by atoms with Gasteiger partial charge in [0.05, 0.1) is 0 Å². The first-order valence-electron chi connectivity index (χ1n) is 10.7. The van der Waals surface area contributed by atoms with Crippen LogP contribution in [0.15, 0.2) is 60.7 Å². The second-order valence-corrected chi connectivity index (χ2v) is 9.77. The smallest absolute Gasteiger partial charge is 0 e. The predicted octanol–water partition coefficient (Wildman–Crippen LogP) is 6.63. The van der Waals surface area contributed by atoms with Gasteiger partial charge in [-0.15, -0.1) is 12.4 Å². The zero-order chi connectivity index (χ0) is 19.8. The standard InChI is InChI=1S/C25H31N.CH2S.ClH.H2/c1-23(14-19-8-4-2-5-9-19)21-12-13-24(15-21,18-26)17-25(16-22(23)25)20-10-6-3-7-11-20;1-2;;/h2-11,21-22H,12-18,26H2,1H3;1H2;2*1H. The Labute approximate surface area is 189 Å². The van der Waals surface area contributed by atoms with Gasteiger partial charge in [0.1, 0.15) is 0 Å². The average Bonchev–Trinajstić information content (AvgIpc) is 3.34.